The molecule has 4 rings (SSSR count). The summed E-state index contributed by atoms with van der Waals surface area (Å²) in [5, 5.41) is -0.173. The number of halogens is 4. The van der Waals surface area contributed by atoms with Crippen LogP contribution in [0.1, 0.15) is 18.4 Å². The maximum Gasteiger partial charge on any atom is 0.251 e. The number of hydrogen-bond donors (Lipinski definition) is 1. The third kappa shape index (κ3) is 3.25. The van der Waals surface area contributed by atoms with E-state index in [2.05, 4.69) is 4.98 Å². The number of benzene rings is 2. The standard InChI is InChI=1S/C21H18F4N2O/c1-12-19(26-17-11-14(22)10-16(23)18(17)20(12)28)13-2-4-15(5-3-13)27-8-6-21(24,25)7-9-27/h2-5,10-11H,6-9H2,1H3,(H,26,28). The summed E-state index contributed by atoms with van der Waals surface area (Å²) in [5.74, 6) is -4.28. The van der Waals surface area contributed by atoms with Gasteiger partial charge in [-0.05, 0) is 30.7 Å². The van der Waals surface area contributed by atoms with Crippen LogP contribution in [0, 0.1) is 18.6 Å². The van der Waals surface area contributed by atoms with E-state index < -0.39 is 23.0 Å². The van der Waals surface area contributed by atoms with E-state index >= 15 is 0 Å². The molecular formula is C21H18F4N2O. The Hall–Kier alpha value is -2.83. The maximum absolute atomic E-state index is 14.0. The lowest BCUT2D eigenvalue weighted by Crippen LogP contribution is -2.39. The molecule has 1 fully saturated rings. The number of H-pyrrole nitrogens is 1. The van der Waals surface area contributed by atoms with Gasteiger partial charge in [0.15, 0.2) is 5.43 Å². The molecule has 1 saturated heterocycles. The van der Waals surface area contributed by atoms with Gasteiger partial charge in [0.2, 0.25) is 0 Å². The molecule has 0 bridgehead atoms. The fourth-order valence-corrected chi connectivity index (χ4v) is 3.65. The first-order valence-corrected chi connectivity index (χ1v) is 9.00. The number of alkyl halides is 2. The van der Waals surface area contributed by atoms with Gasteiger partial charge in [-0.15, -0.1) is 0 Å². The minimum absolute atomic E-state index is 0.0884. The zero-order valence-electron chi connectivity index (χ0n) is 15.2. The second-order valence-corrected chi connectivity index (χ2v) is 7.15. The predicted molar refractivity (Wildman–Crippen MR) is 101 cm³/mol. The third-order valence-corrected chi connectivity index (χ3v) is 5.27. The topological polar surface area (TPSA) is 36.1 Å². The maximum atomic E-state index is 14.0. The predicted octanol–water partition coefficient (Wildman–Crippen LogP) is 5.02. The van der Waals surface area contributed by atoms with Crippen LogP contribution >= 0.6 is 0 Å². The van der Waals surface area contributed by atoms with Crippen molar-refractivity contribution >= 4 is 16.6 Å². The Morgan fingerprint density at radius 1 is 1.04 bits per heavy atom. The monoisotopic (exact) mass is 390 g/mol. The van der Waals surface area contributed by atoms with E-state index in [9.17, 15) is 22.4 Å². The molecule has 3 aromatic rings. The smallest absolute Gasteiger partial charge is 0.251 e. The minimum atomic E-state index is -2.61. The average Bonchev–Trinajstić information content (AvgIpc) is 2.64. The van der Waals surface area contributed by atoms with Crippen molar-refractivity contribution in [1.29, 1.82) is 0 Å². The van der Waals surface area contributed by atoms with Gasteiger partial charge in [0.05, 0.1) is 16.6 Å². The summed E-state index contributed by atoms with van der Waals surface area (Å²) >= 11 is 0. The molecule has 0 spiro atoms. The largest absolute Gasteiger partial charge is 0.371 e. The van der Waals surface area contributed by atoms with E-state index in [-0.39, 0.29) is 36.8 Å². The van der Waals surface area contributed by atoms with E-state index in [0.717, 1.165) is 11.8 Å². The molecule has 146 valence electrons. The van der Waals surface area contributed by atoms with Crippen molar-refractivity contribution in [3.63, 3.8) is 0 Å². The lowest BCUT2D eigenvalue weighted by atomic mass is 10.0. The zero-order valence-corrected chi connectivity index (χ0v) is 15.2. The van der Waals surface area contributed by atoms with Crippen LogP contribution in [0.2, 0.25) is 0 Å². The summed E-state index contributed by atoms with van der Waals surface area (Å²) in [6.45, 7) is 2.13. The number of anilines is 1. The first-order chi connectivity index (χ1) is 13.2. The van der Waals surface area contributed by atoms with Crippen molar-refractivity contribution in [3.8, 4) is 11.3 Å². The third-order valence-electron chi connectivity index (χ3n) is 5.27. The number of nitrogens with one attached hydrogen (secondary N) is 1. The molecular weight excluding hydrogens is 372 g/mol. The molecule has 0 saturated carbocycles. The molecule has 0 aliphatic carbocycles. The van der Waals surface area contributed by atoms with Crippen LogP contribution < -0.4 is 10.3 Å². The van der Waals surface area contributed by atoms with Crippen molar-refractivity contribution in [2.75, 3.05) is 18.0 Å². The van der Waals surface area contributed by atoms with Crippen LogP contribution in [0.5, 0.6) is 0 Å². The SMILES string of the molecule is Cc1c(-c2ccc(N3CCC(F)(F)CC3)cc2)[nH]c2cc(F)cc(F)c2c1=O. The van der Waals surface area contributed by atoms with Crippen molar-refractivity contribution in [2.24, 2.45) is 0 Å². The number of aromatic amines is 1. The minimum Gasteiger partial charge on any atom is -0.371 e. The average molecular weight is 390 g/mol. The van der Waals surface area contributed by atoms with Gasteiger partial charge in [0, 0.05) is 43.2 Å². The highest BCUT2D eigenvalue weighted by atomic mass is 19.3. The molecule has 28 heavy (non-hydrogen) atoms. The number of fused-ring (bicyclic) bond motifs is 1. The fourth-order valence-electron chi connectivity index (χ4n) is 3.65. The van der Waals surface area contributed by atoms with Crippen LogP contribution in [-0.2, 0) is 0 Å². The highest BCUT2D eigenvalue weighted by Crippen LogP contribution is 2.32. The zero-order chi connectivity index (χ0) is 20.1. The van der Waals surface area contributed by atoms with E-state index in [0.29, 0.717) is 22.9 Å². The Morgan fingerprint density at radius 3 is 2.32 bits per heavy atom. The van der Waals surface area contributed by atoms with Gasteiger partial charge >= 0.3 is 0 Å². The van der Waals surface area contributed by atoms with Gasteiger partial charge in [-0.25, -0.2) is 17.6 Å². The summed E-state index contributed by atoms with van der Waals surface area (Å²) in [6.07, 6.45) is -0.355. The molecule has 0 unspecified atom stereocenters. The van der Waals surface area contributed by atoms with Gasteiger partial charge in [-0.2, -0.15) is 0 Å². The quantitative estimate of drug-likeness (QED) is 0.624. The van der Waals surface area contributed by atoms with E-state index in [1.54, 1.807) is 31.2 Å². The van der Waals surface area contributed by atoms with Crippen molar-refractivity contribution in [2.45, 2.75) is 25.7 Å². The number of piperidine rings is 1. The molecule has 1 aliphatic rings. The Bertz CT molecular complexity index is 1100. The van der Waals surface area contributed by atoms with Crippen LogP contribution in [0.4, 0.5) is 23.2 Å². The number of aromatic nitrogens is 1. The van der Waals surface area contributed by atoms with Crippen molar-refractivity contribution < 1.29 is 17.6 Å². The molecule has 2 heterocycles. The highest BCUT2D eigenvalue weighted by Gasteiger charge is 2.34. The molecule has 3 nitrogen and oxygen atoms in total. The molecule has 0 atom stereocenters. The number of hydrogen-bond acceptors (Lipinski definition) is 2. The Labute approximate surface area is 158 Å². The summed E-state index contributed by atoms with van der Waals surface area (Å²) in [7, 11) is 0. The first-order valence-electron chi connectivity index (χ1n) is 9.00. The number of nitrogens with zero attached hydrogens (tertiary/aromatic N) is 1. The van der Waals surface area contributed by atoms with Crippen LogP contribution in [0.15, 0.2) is 41.2 Å². The molecule has 2 aromatic carbocycles. The van der Waals surface area contributed by atoms with Crippen molar-refractivity contribution in [1.82, 2.24) is 4.98 Å². The Kier molecular flexibility index (Phi) is 4.40. The summed E-state index contributed by atoms with van der Waals surface area (Å²) in [4.78, 5) is 17.4. The lowest BCUT2D eigenvalue weighted by molar-refractivity contribution is -0.0220. The molecule has 7 heteroatoms. The van der Waals surface area contributed by atoms with Gasteiger partial charge in [0.25, 0.3) is 5.92 Å². The van der Waals surface area contributed by atoms with E-state index in [4.69, 9.17) is 0 Å². The van der Waals surface area contributed by atoms with Gasteiger partial charge < -0.3 is 9.88 Å². The summed E-state index contributed by atoms with van der Waals surface area (Å²) in [5.41, 5.74) is 1.88. The number of pyridine rings is 1. The molecule has 1 N–H and O–H groups in total. The second kappa shape index (κ2) is 6.65. The molecule has 1 aromatic heterocycles. The second-order valence-electron chi connectivity index (χ2n) is 7.15. The molecule has 0 amide bonds. The van der Waals surface area contributed by atoms with Gasteiger partial charge in [-0.1, -0.05) is 12.1 Å². The summed E-state index contributed by atoms with van der Waals surface area (Å²) in [6, 6.07) is 8.90. The van der Waals surface area contributed by atoms with Crippen LogP contribution in [-0.4, -0.2) is 24.0 Å². The molecule has 0 radical (unpaired) electrons. The summed E-state index contributed by atoms with van der Waals surface area (Å²) < 4.78 is 54.2. The van der Waals surface area contributed by atoms with Crippen LogP contribution in [0.25, 0.3) is 22.2 Å². The van der Waals surface area contributed by atoms with Crippen molar-refractivity contribution in [3.05, 3.63) is 63.8 Å². The van der Waals surface area contributed by atoms with E-state index in [1.807, 2.05) is 4.90 Å². The lowest BCUT2D eigenvalue weighted by Gasteiger charge is -2.33. The van der Waals surface area contributed by atoms with Gasteiger partial charge in [0.1, 0.15) is 11.6 Å². The molecule has 1 aliphatic heterocycles. The normalized spacial score (nSPS) is 16.5. The Morgan fingerprint density at radius 2 is 1.68 bits per heavy atom. The fraction of sp³-hybridized carbons (Fsp3) is 0.286. The first kappa shape index (κ1) is 18.5. The van der Waals surface area contributed by atoms with E-state index in [1.165, 1.54) is 0 Å². The van der Waals surface area contributed by atoms with Crippen LogP contribution in [0.3, 0.4) is 0 Å². The Balaban J connectivity index is 1.71. The highest BCUT2D eigenvalue weighted by molar-refractivity contribution is 5.84. The van der Waals surface area contributed by atoms with Gasteiger partial charge in [-0.3, -0.25) is 4.79 Å². The number of rotatable bonds is 2.